The van der Waals surface area contributed by atoms with Crippen LogP contribution < -0.4 is 11.1 Å². The lowest BCUT2D eigenvalue weighted by Crippen LogP contribution is -2.37. The number of nitrogens with zero attached hydrogens (tertiary/aromatic N) is 1. The molecule has 0 bridgehead atoms. The number of allylic oxidation sites excluding steroid dienone is 2. The molecule has 3 N–H and O–H groups in total. The molecule has 0 aromatic rings. The highest BCUT2D eigenvalue weighted by Gasteiger charge is 2.16. The quantitative estimate of drug-likeness (QED) is 0.229. The Hall–Kier alpha value is -0.960. The minimum atomic E-state index is 0.483. The Bertz CT molecular complexity index is 351. The number of hydrogen-bond acceptors (Lipinski definition) is 3. The summed E-state index contributed by atoms with van der Waals surface area (Å²) in [6.07, 6.45) is 29.9. The van der Waals surface area contributed by atoms with Gasteiger partial charge < -0.3 is 16.0 Å². The number of rotatable bonds is 18. The summed E-state index contributed by atoms with van der Waals surface area (Å²) in [5, 5.41) is 3.43. The molecule has 1 aliphatic heterocycles. The molecule has 0 aromatic heterocycles. The van der Waals surface area contributed by atoms with Crippen LogP contribution in [0.1, 0.15) is 103 Å². The van der Waals surface area contributed by atoms with Gasteiger partial charge in [-0.1, -0.05) is 76.9 Å². The summed E-state index contributed by atoms with van der Waals surface area (Å²) in [6, 6.07) is 0. The van der Waals surface area contributed by atoms with E-state index in [9.17, 15) is 0 Å². The Balaban J connectivity index is 1.78. The van der Waals surface area contributed by atoms with Gasteiger partial charge in [0.2, 0.25) is 0 Å². The first-order valence-corrected chi connectivity index (χ1v) is 11.4. The second-order valence-corrected chi connectivity index (χ2v) is 7.75. The molecular weight excluding hydrogens is 318 g/mol. The van der Waals surface area contributed by atoms with E-state index in [0.29, 0.717) is 6.17 Å². The van der Waals surface area contributed by atoms with Crippen molar-refractivity contribution in [2.75, 3.05) is 13.1 Å². The summed E-state index contributed by atoms with van der Waals surface area (Å²) in [4.78, 5) is 2.33. The van der Waals surface area contributed by atoms with E-state index in [1.54, 1.807) is 0 Å². The van der Waals surface area contributed by atoms with Crippen molar-refractivity contribution in [3.63, 3.8) is 0 Å². The van der Waals surface area contributed by atoms with Gasteiger partial charge in [0, 0.05) is 25.5 Å². The summed E-state index contributed by atoms with van der Waals surface area (Å²) >= 11 is 0. The first kappa shape index (κ1) is 23.1. The summed E-state index contributed by atoms with van der Waals surface area (Å²) in [5.74, 6) is 0. The number of nitrogens with one attached hydrogen (secondary N) is 1. The average molecular weight is 364 g/mol. The zero-order valence-corrected chi connectivity index (χ0v) is 17.4. The third kappa shape index (κ3) is 12.4. The Morgan fingerprint density at radius 3 is 2.04 bits per heavy atom. The standard InChI is InChI=1S/C23H45N3/c1-2-3-4-5-6-7-8-9-10-11-12-13-14-15-16-17-18-23-25-20-22-26(23)21-19-24/h8-9,20,22-23,25H,2-7,10-19,21,24H2,1H3/b9-8+. The van der Waals surface area contributed by atoms with E-state index in [4.69, 9.17) is 5.73 Å². The third-order valence-electron chi connectivity index (χ3n) is 5.33. The van der Waals surface area contributed by atoms with E-state index in [0.717, 1.165) is 13.1 Å². The molecule has 1 aliphatic rings. The van der Waals surface area contributed by atoms with Crippen molar-refractivity contribution >= 4 is 0 Å². The molecule has 0 fully saturated rings. The molecule has 26 heavy (non-hydrogen) atoms. The molecule has 0 saturated heterocycles. The van der Waals surface area contributed by atoms with Crippen LogP contribution in [0.4, 0.5) is 0 Å². The van der Waals surface area contributed by atoms with Gasteiger partial charge in [-0.3, -0.25) is 0 Å². The van der Waals surface area contributed by atoms with Gasteiger partial charge in [-0.25, -0.2) is 0 Å². The molecule has 1 rings (SSSR count). The lowest BCUT2D eigenvalue weighted by molar-refractivity contribution is 0.264. The topological polar surface area (TPSA) is 41.3 Å². The zero-order valence-electron chi connectivity index (χ0n) is 17.4. The molecule has 0 radical (unpaired) electrons. The van der Waals surface area contributed by atoms with Crippen LogP contribution in [-0.4, -0.2) is 24.2 Å². The van der Waals surface area contributed by atoms with Crippen molar-refractivity contribution in [2.24, 2.45) is 5.73 Å². The molecule has 0 spiro atoms. The summed E-state index contributed by atoms with van der Waals surface area (Å²) in [6.45, 7) is 3.97. The van der Waals surface area contributed by atoms with E-state index < -0.39 is 0 Å². The molecule has 1 heterocycles. The van der Waals surface area contributed by atoms with Gasteiger partial charge in [0.25, 0.3) is 0 Å². The minimum Gasteiger partial charge on any atom is -0.370 e. The summed E-state index contributed by atoms with van der Waals surface area (Å²) in [5.41, 5.74) is 5.65. The highest BCUT2D eigenvalue weighted by atomic mass is 15.3. The normalized spacial score (nSPS) is 16.7. The van der Waals surface area contributed by atoms with Crippen LogP contribution in [0.2, 0.25) is 0 Å². The highest BCUT2D eigenvalue weighted by molar-refractivity contribution is 4.94. The maximum Gasteiger partial charge on any atom is 0.0981 e. The average Bonchev–Trinajstić information content (AvgIpc) is 3.09. The lowest BCUT2D eigenvalue weighted by atomic mass is 10.1. The fraction of sp³-hybridized carbons (Fsp3) is 0.826. The SMILES string of the molecule is CCCCCCC/C=C/CCCCCCCCCC1NC=CN1CCN. The maximum atomic E-state index is 5.65. The van der Waals surface area contributed by atoms with Crippen LogP contribution in [0.5, 0.6) is 0 Å². The molecule has 0 saturated carbocycles. The second kappa shape index (κ2) is 17.5. The number of unbranched alkanes of at least 4 members (excludes halogenated alkanes) is 12. The fourth-order valence-corrected chi connectivity index (χ4v) is 3.66. The highest BCUT2D eigenvalue weighted by Crippen LogP contribution is 2.14. The van der Waals surface area contributed by atoms with Crippen LogP contribution in [0, 0.1) is 0 Å². The van der Waals surface area contributed by atoms with Crippen molar-refractivity contribution in [3.05, 3.63) is 24.6 Å². The molecule has 3 heteroatoms. The first-order valence-electron chi connectivity index (χ1n) is 11.4. The first-order chi connectivity index (χ1) is 12.9. The molecule has 1 unspecified atom stereocenters. The number of hydrogen-bond donors (Lipinski definition) is 2. The van der Waals surface area contributed by atoms with Gasteiger partial charge in [-0.05, 0) is 38.5 Å². The molecule has 0 amide bonds. The van der Waals surface area contributed by atoms with E-state index in [-0.39, 0.29) is 0 Å². The Labute approximate surface area is 163 Å². The van der Waals surface area contributed by atoms with Gasteiger partial charge >= 0.3 is 0 Å². The van der Waals surface area contributed by atoms with Crippen LogP contribution in [0.3, 0.4) is 0 Å². The van der Waals surface area contributed by atoms with Crippen molar-refractivity contribution < 1.29 is 0 Å². The largest absolute Gasteiger partial charge is 0.370 e. The molecule has 0 aliphatic carbocycles. The van der Waals surface area contributed by atoms with E-state index in [1.165, 1.54) is 96.3 Å². The van der Waals surface area contributed by atoms with Gasteiger partial charge in [0.05, 0.1) is 6.17 Å². The Kier molecular flexibility index (Phi) is 15.5. The molecule has 152 valence electrons. The van der Waals surface area contributed by atoms with Crippen LogP contribution in [0.25, 0.3) is 0 Å². The van der Waals surface area contributed by atoms with E-state index in [2.05, 4.69) is 41.7 Å². The molecule has 1 atom stereocenters. The van der Waals surface area contributed by atoms with Gasteiger partial charge in [-0.2, -0.15) is 0 Å². The Morgan fingerprint density at radius 1 is 0.846 bits per heavy atom. The smallest absolute Gasteiger partial charge is 0.0981 e. The summed E-state index contributed by atoms with van der Waals surface area (Å²) < 4.78 is 0. The molecular formula is C23H45N3. The van der Waals surface area contributed by atoms with Crippen LogP contribution in [-0.2, 0) is 0 Å². The van der Waals surface area contributed by atoms with E-state index in [1.807, 2.05) is 0 Å². The van der Waals surface area contributed by atoms with Crippen LogP contribution >= 0.6 is 0 Å². The molecule has 3 nitrogen and oxygen atoms in total. The van der Waals surface area contributed by atoms with Gasteiger partial charge in [0.15, 0.2) is 0 Å². The lowest BCUT2D eigenvalue weighted by Gasteiger charge is -2.25. The van der Waals surface area contributed by atoms with Gasteiger partial charge in [-0.15, -0.1) is 0 Å². The maximum absolute atomic E-state index is 5.65. The Morgan fingerprint density at radius 2 is 1.42 bits per heavy atom. The van der Waals surface area contributed by atoms with Crippen LogP contribution in [0.15, 0.2) is 24.6 Å². The van der Waals surface area contributed by atoms with E-state index >= 15 is 0 Å². The minimum absolute atomic E-state index is 0.483. The zero-order chi connectivity index (χ0) is 18.7. The van der Waals surface area contributed by atoms with Crippen molar-refractivity contribution in [1.82, 2.24) is 10.2 Å². The predicted octanol–water partition coefficient (Wildman–Crippen LogP) is 6.08. The molecule has 0 aromatic carbocycles. The monoisotopic (exact) mass is 363 g/mol. The number of nitrogens with two attached hydrogens (primary N) is 1. The van der Waals surface area contributed by atoms with Crippen molar-refractivity contribution in [2.45, 2.75) is 109 Å². The second-order valence-electron chi connectivity index (χ2n) is 7.75. The third-order valence-corrected chi connectivity index (χ3v) is 5.33. The summed E-state index contributed by atoms with van der Waals surface area (Å²) in [7, 11) is 0. The predicted molar refractivity (Wildman–Crippen MR) is 116 cm³/mol. The van der Waals surface area contributed by atoms with Gasteiger partial charge in [0.1, 0.15) is 0 Å². The fourth-order valence-electron chi connectivity index (χ4n) is 3.66. The van der Waals surface area contributed by atoms with Crippen molar-refractivity contribution in [3.8, 4) is 0 Å². The van der Waals surface area contributed by atoms with Crippen molar-refractivity contribution in [1.29, 1.82) is 0 Å².